The molecule has 2 heterocycles. The molecule has 174 valence electrons. The lowest BCUT2D eigenvalue weighted by Crippen LogP contribution is -2.39. The van der Waals surface area contributed by atoms with E-state index in [0.717, 1.165) is 25.7 Å². The third-order valence-corrected chi connectivity index (χ3v) is 6.61. The summed E-state index contributed by atoms with van der Waals surface area (Å²) in [5.41, 5.74) is 5.42. The minimum atomic E-state index is -1.12. The zero-order valence-electron chi connectivity index (χ0n) is 19.2. The Morgan fingerprint density at radius 1 is 1.31 bits per heavy atom. The van der Waals surface area contributed by atoms with Crippen LogP contribution in [0.5, 0.6) is 0 Å². The van der Waals surface area contributed by atoms with Gasteiger partial charge >= 0.3 is 12.0 Å². The first-order chi connectivity index (χ1) is 15.1. The van der Waals surface area contributed by atoms with E-state index in [9.17, 15) is 9.18 Å². The van der Waals surface area contributed by atoms with Crippen LogP contribution in [0.2, 0.25) is 0 Å². The number of aromatic nitrogens is 4. The van der Waals surface area contributed by atoms with Crippen LogP contribution in [-0.2, 0) is 20.8 Å². The average Bonchev–Trinajstić information content (AvgIpc) is 3.17. The maximum absolute atomic E-state index is 13.6. The summed E-state index contributed by atoms with van der Waals surface area (Å²) in [5, 5.41) is 0. The molecule has 0 radical (unpaired) electrons. The number of nitrogens with zero attached hydrogens (tertiary/aromatic N) is 4. The minimum Gasteiger partial charge on any atom is -0.461 e. The number of imidazole rings is 1. The van der Waals surface area contributed by atoms with Crippen molar-refractivity contribution in [3.63, 3.8) is 0 Å². The van der Waals surface area contributed by atoms with E-state index in [1.165, 1.54) is 13.4 Å². The van der Waals surface area contributed by atoms with Crippen LogP contribution in [0.25, 0.3) is 11.2 Å². The highest BCUT2D eigenvalue weighted by molar-refractivity contribution is 5.81. The predicted octanol–water partition coefficient (Wildman–Crippen LogP) is 3.35. The van der Waals surface area contributed by atoms with Crippen LogP contribution >= 0.6 is 0 Å². The van der Waals surface area contributed by atoms with Gasteiger partial charge in [0, 0.05) is 20.1 Å². The Labute approximate surface area is 188 Å². The monoisotopic (exact) mass is 445 g/mol. The highest BCUT2D eigenvalue weighted by Crippen LogP contribution is 2.40. The lowest BCUT2D eigenvalue weighted by atomic mass is 9.70. The molecule has 1 aliphatic carbocycles. The van der Waals surface area contributed by atoms with Crippen LogP contribution in [0.15, 0.2) is 6.33 Å². The van der Waals surface area contributed by atoms with E-state index in [4.69, 9.17) is 21.6 Å². The summed E-state index contributed by atoms with van der Waals surface area (Å²) < 4.78 is 26.4. The van der Waals surface area contributed by atoms with Crippen molar-refractivity contribution in [3.8, 4) is 12.3 Å². The molecule has 1 unspecified atom stereocenters. The number of esters is 1. The summed E-state index contributed by atoms with van der Waals surface area (Å²) >= 11 is 0. The molecule has 1 aliphatic rings. The van der Waals surface area contributed by atoms with Gasteiger partial charge in [0.1, 0.15) is 12.1 Å². The minimum absolute atomic E-state index is 0.0312. The number of nitrogen functional groups attached to an aromatic ring is 1. The van der Waals surface area contributed by atoms with Gasteiger partial charge in [0.25, 0.3) is 0 Å². The number of anilines is 1. The van der Waals surface area contributed by atoms with E-state index in [0.29, 0.717) is 24.4 Å². The highest BCUT2D eigenvalue weighted by atomic mass is 19.1. The van der Waals surface area contributed by atoms with Crippen molar-refractivity contribution >= 4 is 23.0 Å². The van der Waals surface area contributed by atoms with Crippen molar-refractivity contribution in [1.82, 2.24) is 19.5 Å². The van der Waals surface area contributed by atoms with Crippen LogP contribution in [0, 0.1) is 35.7 Å². The summed E-state index contributed by atoms with van der Waals surface area (Å²) in [4.78, 5) is 24.1. The molecule has 2 aromatic rings. The normalized spacial score (nSPS) is 21.1. The van der Waals surface area contributed by atoms with Crippen molar-refractivity contribution in [2.45, 2.75) is 65.0 Å². The van der Waals surface area contributed by atoms with Gasteiger partial charge in [-0.15, -0.1) is 6.42 Å². The molecule has 32 heavy (non-hydrogen) atoms. The number of halogens is 1. The number of hydrogen-bond donors (Lipinski definition) is 1. The topological polar surface area (TPSA) is 105 Å². The quantitative estimate of drug-likeness (QED) is 0.396. The Morgan fingerprint density at radius 3 is 2.59 bits per heavy atom. The molecule has 8 nitrogen and oxygen atoms in total. The Bertz CT molecular complexity index is 1000. The van der Waals surface area contributed by atoms with Gasteiger partial charge in [-0.25, -0.2) is 4.98 Å². The predicted molar refractivity (Wildman–Crippen MR) is 119 cm³/mol. The van der Waals surface area contributed by atoms with E-state index in [2.05, 4.69) is 41.6 Å². The van der Waals surface area contributed by atoms with E-state index in [1.54, 1.807) is 4.57 Å². The number of nitrogens with two attached hydrogens (primary N) is 1. The summed E-state index contributed by atoms with van der Waals surface area (Å²) in [6.07, 6.45) is 10.3. The first-order valence-corrected chi connectivity index (χ1v) is 10.9. The number of carbonyl (C=O) groups excluding carboxylic acids is 1. The number of terminal acetylenes is 1. The summed E-state index contributed by atoms with van der Waals surface area (Å²) in [6.45, 7) is 6.99. The fourth-order valence-corrected chi connectivity index (χ4v) is 4.31. The maximum Gasteiger partial charge on any atom is 0.312 e. The van der Waals surface area contributed by atoms with Gasteiger partial charge in [0.05, 0.1) is 12.2 Å². The number of hydrogen-bond acceptors (Lipinski definition) is 7. The maximum atomic E-state index is 13.6. The molecule has 0 bridgehead atoms. The van der Waals surface area contributed by atoms with Crippen molar-refractivity contribution in [2.24, 2.45) is 17.3 Å². The molecule has 2 N–H and O–H groups in total. The van der Waals surface area contributed by atoms with Crippen LogP contribution in [0.4, 0.5) is 10.2 Å². The molecular weight excluding hydrogens is 413 g/mol. The van der Waals surface area contributed by atoms with E-state index in [-0.39, 0.29) is 35.4 Å². The standard InChI is InChI=1S/C23H32FN5O3/c1-6-23(31-5,11-12-29-14-26-17-18(25)27-21(24)28-19(17)29)13-32-20(30)15-7-9-16(10-8-15)22(2,3)4/h1,14-16H,7-13H2,2-5H3,(H2,25,27,28). The lowest BCUT2D eigenvalue weighted by Gasteiger charge is -2.36. The third kappa shape index (κ3) is 5.18. The molecule has 3 rings (SSSR count). The number of ether oxygens (including phenoxy) is 2. The van der Waals surface area contributed by atoms with Crippen molar-refractivity contribution < 1.29 is 18.7 Å². The average molecular weight is 446 g/mol. The van der Waals surface area contributed by atoms with E-state index >= 15 is 0 Å². The van der Waals surface area contributed by atoms with Gasteiger partial charge < -0.3 is 19.8 Å². The highest BCUT2D eigenvalue weighted by Gasteiger charge is 2.35. The van der Waals surface area contributed by atoms with E-state index in [1.807, 2.05) is 0 Å². The lowest BCUT2D eigenvalue weighted by molar-refractivity contribution is -0.157. The first-order valence-electron chi connectivity index (χ1n) is 10.9. The molecule has 1 atom stereocenters. The number of rotatable bonds is 7. The fourth-order valence-electron chi connectivity index (χ4n) is 4.31. The summed E-state index contributed by atoms with van der Waals surface area (Å²) in [6, 6.07) is 0. The summed E-state index contributed by atoms with van der Waals surface area (Å²) in [5.74, 6) is 2.86. The molecule has 0 spiro atoms. The summed E-state index contributed by atoms with van der Waals surface area (Å²) in [7, 11) is 1.48. The second kappa shape index (κ2) is 9.41. The van der Waals surface area contributed by atoms with Gasteiger partial charge in [-0.2, -0.15) is 14.4 Å². The Hall–Kier alpha value is -2.73. The van der Waals surface area contributed by atoms with Crippen LogP contribution in [0.3, 0.4) is 0 Å². The number of aryl methyl sites for hydroxylation is 1. The van der Waals surface area contributed by atoms with Gasteiger partial charge in [0.2, 0.25) is 0 Å². The smallest absolute Gasteiger partial charge is 0.312 e. The number of fused-ring (bicyclic) bond motifs is 1. The molecule has 2 aromatic heterocycles. The first kappa shape index (κ1) is 23.9. The van der Waals surface area contributed by atoms with Gasteiger partial charge in [-0.1, -0.05) is 26.7 Å². The van der Waals surface area contributed by atoms with Crippen LogP contribution in [0.1, 0.15) is 52.9 Å². The SMILES string of the molecule is C#CC(CCn1cnc2c(N)nc(F)nc21)(COC(=O)C1CCC(C(C)(C)C)CC1)OC. The molecular formula is C23H32FN5O3. The van der Waals surface area contributed by atoms with Crippen LogP contribution in [-0.4, -0.2) is 44.8 Å². The Morgan fingerprint density at radius 2 is 2.00 bits per heavy atom. The number of methoxy groups -OCH3 is 1. The van der Waals surface area contributed by atoms with Gasteiger partial charge in [-0.3, -0.25) is 4.79 Å². The molecule has 0 saturated heterocycles. The van der Waals surface area contributed by atoms with Crippen molar-refractivity contribution in [2.75, 3.05) is 19.5 Å². The molecule has 0 aliphatic heterocycles. The number of carbonyl (C=O) groups is 1. The molecule has 0 amide bonds. The van der Waals surface area contributed by atoms with Gasteiger partial charge in [-0.05, 0) is 37.0 Å². The zero-order valence-corrected chi connectivity index (χ0v) is 19.2. The molecule has 0 aromatic carbocycles. The van der Waals surface area contributed by atoms with Gasteiger partial charge in [0.15, 0.2) is 17.1 Å². The molecule has 9 heteroatoms. The Balaban J connectivity index is 1.60. The second-order valence-corrected chi connectivity index (χ2v) is 9.60. The van der Waals surface area contributed by atoms with Crippen molar-refractivity contribution in [1.29, 1.82) is 0 Å². The second-order valence-electron chi connectivity index (χ2n) is 9.60. The molecule has 1 fully saturated rings. The van der Waals surface area contributed by atoms with Crippen LogP contribution < -0.4 is 5.73 Å². The fraction of sp³-hybridized carbons (Fsp3) is 0.652. The Kier molecular flexibility index (Phi) is 7.03. The largest absolute Gasteiger partial charge is 0.461 e. The van der Waals surface area contributed by atoms with E-state index < -0.39 is 11.7 Å². The molecule has 1 saturated carbocycles. The third-order valence-electron chi connectivity index (χ3n) is 6.61. The zero-order chi connectivity index (χ0) is 23.5. The van der Waals surface area contributed by atoms with Crippen molar-refractivity contribution in [3.05, 3.63) is 12.4 Å².